The Balaban J connectivity index is 2.83. The first kappa shape index (κ1) is 13.2. The number of allylic oxidation sites excluding steroid dienone is 1. The molecule has 0 saturated carbocycles. The van der Waals surface area contributed by atoms with Gasteiger partial charge < -0.3 is 4.74 Å². The van der Waals surface area contributed by atoms with E-state index in [1.807, 2.05) is 0 Å². The van der Waals surface area contributed by atoms with Crippen LogP contribution in [-0.4, -0.2) is 12.6 Å². The molecular weight excluding hydrogens is 219 g/mol. The Kier molecular flexibility index (Phi) is 5.14. The molecule has 0 atom stereocenters. The van der Waals surface area contributed by atoms with Gasteiger partial charge in [0, 0.05) is 5.56 Å². The summed E-state index contributed by atoms with van der Waals surface area (Å²) >= 11 is 0. The van der Waals surface area contributed by atoms with Crippen molar-refractivity contribution in [1.82, 2.24) is 0 Å². The highest BCUT2D eigenvalue weighted by Crippen LogP contribution is 2.10. The van der Waals surface area contributed by atoms with Crippen molar-refractivity contribution < 1.29 is 13.9 Å². The first-order valence-corrected chi connectivity index (χ1v) is 5.45. The Labute approximate surface area is 100 Å². The lowest BCUT2D eigenvalue weighted by atomic mass is 10.1. The largest absolute Gasteiger partial charge is 0.462 e. The van der Waals surface area contributed by atoms with Crippen LogP contribution in [0, 0.1) is 5.82 Å². The number of hydrogen-bond donors (Lipinski definition) is 0. The van der Waals surface area contributed by atoms with Crippen molar-refractivity contribution in [2.75, 3.05) is 6.61 Å². The molecule has 0 amide bonds. The molecule has 0 aliphatic heterocycles. The maximum Gasteiger partial charge on any atom is 0.337 e. The molecule has 0 aliphatic carbocycles. The standard InChI is InChI=1S/C14H15FO2/c1-3-11(14(16)17-4-2)9-10-12-7-5-6-8-13(12)15/h3,5-10H,4H2,1-2H3/b10-9+,11-3+. The number of hydrogen-bond acceptors (Lipinski definition) is 2. The van der Waals surface area contributed by atoms with Crippen molar-refractivity contribution in [2.45, 2.75) is 13.8 Å². The smallest absolute Gasteiger partial charge is 0.337 e. The molecule has 0 saturated heterocycles. The number of esters is 1. The molecule has 2 nitrogen and oxygen atoms in total. The van der Waals surface area contributed by atoms with Crippen LogP contribution in [0.1, 0.15) is 19.4 Å². The summed E-state index contributed by atoms with van der Waals surface area (Å²) in [6.07, 6.45) is 4.74. The third kappa shape index (κ3) is 3.87. The van der Waals surface area contributed by atoms with Gasteiger partial charge in [-0.2, -0.15) is 0 Å². The number of ether oxygens (including phenoxy) is 1. The molecule has 1 aromatic rings. The molecule has 0 aliphatic rings. The van der Waals surface area contributed by atoms with E-state index in [0.29, 0.717) is 17.7 Å². The van der Waals surface area contributed by atoms with E-state index < -0.39 is 5.97 Å². The van der Waals surface area contributed by atoms with Gasteiger partial charge in [0.15, 0.2) is 0 Å². The van der Waals surface area contributed by atoms with Crippen LogP contribution in [0.3, 0.4) is 0 Å². The van der Waals surface area contributed by atoms with Gasteiger partial charge in [-0.05, 0) is 26.0 Å². The molecule has 0 aromatic heterocycles. The minimum Gasteiger partial charge on any atom is -0.462 e. The Morgan fingerprint density at radius 2 is 2.12 bits per heavy atom. The number of carbonyl (C=O) groups is 1. The molecule has 0 fully saturated rings. The summed E-state index contributed by atoms with van der Waals surface area (Å²) in [7, 11) is 0. The zero-order valence-electron chi connectivity index (χ0n) is 9.94. The number of carbonyl (C=O) groups excluding carboxylic acids is 1. The maximum absolute atomic E-state index is 13.3. The number of benzene rings is 1. The van der Waals surface area contributed by atoms with E-state index in [4.69, 9.17) is 4.74 Å². The van der Waals surface area contributed by atoms with E-state index in [1.54, 1.807) is 50.3 Å². The van der Waals surface area contributed by atoms with Crippen molar-refractivity contribution in [3.8, 4) is 0 Å². The van der Waals surface area contributed by atoms with Crippen LogP contribution in [0.4, 0.5) is 4.39 Å². The molecule has 3 heteroatoms. The summed E-state index contributed by atoms with van der Waals surface area (Å²) in [6.45, 7) is 3.80. The van der Waals surface area contributed by atoms with Crippen molar-refractivity contribution in [2.24, 2.45) is 0 Å². The summed E-state index contributed by atoms with van der Waals surface area (Å²) in [6, 6.07) is 6.38. The van der Waals surface area contributed by atoms with Gasteiger partial charge in [-0.25, -0.2) is 9.18 Å². The summed E-state index contributed by atoms with van der Waals surface area (Å²) in [5, 5.41) is 0. The van der Waals surface area contributed by atoms with Gasteiger partial charge in [0.2, 0.25) is 0 Å². The Morgan fingerprint density at radius 3 is 2.71 bits per heavy atom. The van der Waals surface area contributed by atoms with Crippen LogP contribution < -0.4 is 0 Å². The first-order valence-electron chi connectivity index (χ1n) is 5.45. The average molecular weight is 234 g/mol. The quantitative estimate of drug-likeness (QED) is 0.453. The topological polar surface area (TPSA) is 26.3 Å². The monoisotopic (exact) mass is 234 g/mol. The van der Waals surface area contributed by atoms with Crippen LogP contribution in [0.2, 0.25) is 0 Å². The second-order valence-corrected chi connectivity index (χ2v) is 3.32. The average Bonchev–Trinajstić information content (AvgIpc) is 2.32. The summed E-state index contributed by atoms with van der Waals surface area (Å²) in [4.78, 5) is 11.4. The van der Waals surface area contributed by atoms with E-state index in [0.717, 1.165) is 0 Å². The highest BCUT2D eigenvalue weighted by Gasteiger charge is 2.05. The lowest BCUT2D eigenvalue weighted by molar-refractivity contribution is -0.138. The fourth-order valence-electron chi connectivity index (χ4n) is 1.29. The molecule has 0 spiro atoms. The number of halogens is 1. The maximum atomic E-state index is 13.3. The first-order chi connectivity index (χ1) is 8.19. The molecule has 90 valence electrons. The summed E-state index contributed by atoms with van der Waals surface area (Å²) in [5.41, 5.74) is 0.853. The van der Waals surface area contributed by atoms with Gasteiger partial charge in [0.1, 0.15) is 5.82 Å². The lowest BCUT2D eigenvalue weighted by Gasteiger charge is -2.01. The molecule has 0 N–H and O–H groups in total. The second-order valence-electron chi connectivity index (χ2n) is 3.32. The van der Waals surface area contributed by atoms with Crippen LogP contribution in [0.5, 0.6) is 0 Å². The minimum absolute atomic E-state index is 0.317. The van der Waals surface area contributed by atoms with Gasteiger partial charge in [0.25, 0.3) is 0 Å². The van der Waals surface area contributed by atoms with Gasteiger partial charge in [0.05, 0.1) is 12.2 Å². The van der Waals surface area contributed by atoms with E-state index >= 15 is 0 Å². The minimum atomic E-state index is -0.400. The van der Waals surface area contributed by atoms with Gasteiger partial charge in [-0.3, -0.25) is 0 Å². The molecular formula is C14H15FO2. The zero-order valence-corrected chi connectivity index (χ0v) is 9.94. The Morgan fingerprint density at radius 1 is 1.41 bits per heavy atom. The third-order valence-electron chi connectivity index (χ3n) is 2.17. The summed E-state index contributed by atoms with van der Waals surface area (Å²) < 4.78 is 18.2. The van der Waals surface area contributed by atoms with Crippen molar-refractivity contribution >= 4 is 12.0 Å². The third-order valence-corrected chi connectivity index (χ3v) is 2.17. The Bertz CT molecular complexity index is 447. The SMILES string of the molecule is C/C=C(\C=C\c1ccccc1F)C(=O)OCC. The number of rotatable bonds is 4. The van der Waals surface area contributed by atoms with Crippen molar-refractivity contribution in [1.29, 1.82) is 0 Å². The highest BCUT2D eigenvalue weighted by molar-refractivity contribution is 5.92. The van der Waals surface area contributed by atoms with Crippen molar-refractivity contribution in [3.05, 3.63) is 53.4 Å². The van der Waals surface area contributed by atoms with E-state index in [2.05, 4.69) is 0 Å². The molecule has 1 aromatic carbocycles. The fourth-order valence-corrected chi connectivity index (χ4v) is 1.29. The molecule has 0 bridgehead atoms. The zero-order chi connectivity index (χ0) is 12.7. The highest BCUT2D eigenvalue weighted by atomic mass is 19.1. The van der Waals surface area contributed by atoms with Crippen molar-refractivity contribution in [3.63, 3.8) is 0 Å². The van der Waals surface area contributed by atoms with Gasteiger partial charge in [-0.15, -0.1) is 0 Å². The normalized spacial score (nSPS) is 11.8. The van der Waals surface area contributed by atoms with Gasteiger partial charge >= 0.3 is 5.97 Å². The summed E-state index contributed by atoms with van der Waals surface area (Å²) in [5.74, 6) is -0.717. The molecule has 0 radical (unpaired) electrons. The molecule has 0 heterocycles. The molecule has 17 heavy (non-hydrogen) atoms. The van der Waals surface area contributed by atoms with Crippen LogP contribution in [0.15, 0.2) is 42.0 Å². The van der Waals surface area contributed by atoms with E-state index in [1.165, 1.54) is 6.07 Å². The van der Waals surface area contributed by atoms with E-state index in [-0.39, 0.29) is 5.82 Å². The molecule has 0 unspecified atom stereocenters. The predicted octanol–water partition coefficient (Wildman–Crippen LogP) is 3.35. The lowest BCUT2D eigenvalue weighted by Crippen LogP contribution is -2.05. The predicted molar refractivity (Wildman–Crippen MR) is 65.8 cm³/mol. The van der Waals surface area contributed by atoms with Crippen LogP contribution >= 0.6 is 0 Å². The van der Waals surface area contributed by atoms with Crippen LogP contribution in [0.25, 0.3) is 6.08 Å². The van der Waals surface area contributed by atoms with Crippen LogP contribution in [-0.2, 0) is 9.53 Å². The second kappa shape index (κ2) is 6.63. The molecule has 1 rings (SSSR count). The fraction of sp³-hybridized carbons (Fsp3) is 0.214. The Hall–Kier alpha value is -1.90. The van der Waals surface area contributed by atoms with Gasteiger partial charge in [-0.1, -0.05) is 30.4 Å². The van der Waals surface area contributed by atoms with E-state index in [9.17, 15) is 9.18 Å².